The number of fused-ring (bicyclic) bond motifs is 1. The Kier molecular flexibility index (Phi) is 8.98. The molecule has 0 saturated carbocycles. The lowest BCUT2D eigenvalue weighted by Gasteiger charge is -2.38. The minimum absolute atomic E-state index is 0.0626. The number of ether oxygens (including phenoxy) is 2. The topological polar surface area (TPSA) is 75.1 Å². The Balaban J connectivity index is 1.59. The first-order valence-electron chi connectivity index (χ1n) is 12.9. The third kappa shape index (κ3) is 6.64. The second-order valence-electron chi connectivity index (χ2n) is 10.1. The van der Waals surface area contributed by atoms with Gasteiger partial charge in [0, 0.05) is 56.1 Å². The number of hydrogen-bond acceptors (Lipinski definition) is 6. The molecule has 0 spiro atoms. The summed E-state index contributed by atoms with van der Waals surface area (Å²) in [6, 6.07) is 11.2. The molecule has 192 valence electrons. The van der Waals surface area contributed by atoms with Gasteiger partial charge in [-0.15, -0.1) is 0 Å². The molecule has 2 aliphatic heterocycles. The van der Waals surface area contributed by atoms with Crippen LogP contribution in [0.15, 0.2) is 42.6 Å². The van der Waals surface area contributed by atoms with Crippen LogP contribution in [-0.4, -0.2) is 84.4 Å². The molecule has 1 fully saturated rings. The summed E-state index contributed by atoms with van der Waals surface area (Å²) in [6.45, 7) is 7.73. The number of benzene rings is 1. The summed E-state index contributed by atoms with van der Waals surface area (Å²) in [4.78, 5) is 22.2. The van der Waals surface area contributed by atoms with Gasteiger partial charge in [-0.05, 0) is 50.9 Å². The van der Waals surface area contributed by atoms with Crippen molar-refractivity contribution in [2.75, 3.05) is 46.5 Å². The number of pyridine rings is 1. The molecule has 1 saturated heterocycles. The molecule has 4 rings (SSSR count). The Hall–Kier alpha value is -2.92. The normalized spacial score (nSPS) is 21.6. The molecule has 3 heterocycles. The average Bonchev–Trinajstić information content (AvgIpc) is 2.90. The highest BCUT2D eigenvalue weighted by Crippen LogP contribution is 2.27. The van der Waals surface area contributed by atoms with Gasteiger partial charge in [-0.25, -0.2) is 4.98 Å². The molecule has 1 aromatic carbocycles. The van der Waals surface area contributed by atoms with E-state index < -0.39 is 0 Å². The monoisotopic (exact) mass is 491 g/mol. The van der Waals surface area contributed by atoms with Gasteiger partial charge in [0.1, 0.15) is 11.7 Å². The van der Waals surface area contributed by atoms with Gasteiger partial charge in [0.05, 0.1) is 12.6 Å². The molecule has 0 aliphatic carbocycles. The van der Waals surface area contributed by atoms with Crippen LogP contribution in [0.5, 0.6) is 5.88 Å². The van der Waals surface area contributed by atoms with Crippen LogP contribution in [0, 0.1) is 23.7 Å². The summed E-state index contributed by atoms with van der Waals surface area (Å²) in [7, 11) is 2.13. The number of carbonyl (C=O) groups excluding carboxylic acids is 1. The molecule has 7 heteroatoms. The van der Waals surface area contributed by atoms with Gasteiger partial charge in [0.15, 0.2) is 0 Å². The number of aliphatic hydroxyl groups is 1. The van der Waals surface area contributed by atoms with Crippen LogP contribution in [-0.2, 0) is 4.74 Å². The summed E-state index contributed by atoms with van der Waals surface area (Å²) in [5.74, 6) is 7.06. The van der Waals surface area contributed by atoms with E-state index in [-0.39, 0.29) is 30.6 Å². The number of hydrogen-bond donors (Lipinski definition) is 1. The van der Waals surface area contributed by atoms with Crippen molar-refractivity contribution in [2.45, 2.75) is 38.8 Å². The SMILES string of the molecule is C[C@H]1CN([C@@H](C)CO)C(=O)c2cc(C#Cc3ccccc3)cnc2O[C@H]1CN(C)CC1CCOCC1. The predicted molar refractivity (Wildman–Crippen MR) is 139 cm³/mol. The van der Waals surface area contributed by atoms with Crippen molar-refractivity contribution in [2.24, 2.45) is 11.8 Å². The third-order valence-corrected chi connectivity index (χ3v) is 7.05. The van der Waals surface area contributed by atoms with Gasteiger partial charge < -0.3 is 24.4 Å². The maximum absolute atomic E-state index is 13.6. The lowest BCUT2D eigenvalue weighted by molar-refractivity contribution is 0.0254. The first-order chi connectivity index (χ1) is 17.4. The molecule has 2 aliphatic rings. The molecule has 1 amide bonds. The van der Waals surface area contributed by atoms with Crippen molar-refractivity contribution in [3.63, 3.8) is 0 Å². The minimum Gasteiger partial charge on any atom is -0.472 e. The Bertz CT molecular complexity index is 1070. The van der Waals surface area contributed by atoms with Crippen LogP contribution in [0.1, 0.15) is 48.2 Å². The van der Waals surface area contributed by atoms with Gasteiger partial charge in [-0.3, -0.25) is 4.79 Å². The van der Waals surface area contributed by atoms with Crippen molar-refractivity contribution < 1.29 is 19.4 Å². The largest absolute Gasteiger partial charge is 0.472 e. The smallest absolute Gasteiger partial charge is 0.259 e. The molecule has 3 atom stereocenters. The first-order valence-corrected chi connectivity index (χ1v) is 12.9. The highest BCUT2D eigenvalue weighted by molar-refractivity contribution is 5.97. The molecule has 0 radical (unpaired) electrons. The zero-order valence-corrected chi connectivity index (χ0v) is 21.5. The lowest BCUT2D eigenvalue weighted by Crippen LogP contribution is -2.50. The van der Waals surface area contributed by atoms with Crippen LogP contribution >= 0.6 is 0 Å². The molecule has 2 aromatic rings. The number of likely N-dealkylation sites (N-methyl/N-ethyl adjacent to an activating group) is 1. The second-order valence-corrected chi connectivity index (χ2v) is 10.1. The standard InChI is InChI=1S/C29H37N3O4/c1-21-17-32(22(2)20-33)29(34)26-15-25(10-9-23-7-5-4-6-8-23)16-30-28(26)36-27(21)19-31(3)18-24-11-13-35-14-12-24/h4-8,15-16,21-22,24,27,33H,11-14,17-20H2,1-3H3/t21-,22-,27-/m0/s1. The number of carbonyl (C=O) groups is 1. The summed E-state index contributed by atoms with van der Waals surface area (Å²) in [5.41, 5.74) is 1.93. The average molecular weight is 492 g/mol. The maximum atomic E-state index is 13.6. The summed E-state index contributed by atoms with van der Waals surface area (Å²) in [6.07, 6.45) is 3.68. The Morgan fingerprint density at radius 2 is 1.89 bits per heavy atom. The van der Waals surface area contributed by atoms with Gasteiger partial charge in [0.25, 0.3) is 5.91 Å². The Labute approximate surface area is 214 Å². The fraction of sp³-hybridized carbons (Fsp3) is 0.517. The van der Waals surface area contributed by atoms with Gasteiger partial charge >= 0.3 is 0 Å². The number of rotatable bonds is 6. The van der Waals surface area contributed by atoms with Crippen LogP contribution in [0.25, 0.3) is 0 Å². The highest BCUT2D eigenvalue weighted by Gasteiger charge is 2.34. The van der Waals surface area contributed by atoms with E-state index in [1.165, 1.54) is 0 Å². The van der Waals surface area contributed by atoms with Crippen LogP contribution in [0.3, 0.4) is 0 Å². The summed E-state index contributed by atoms with van der Waals surface area (Å²) >= 11 is 0. The molecule has 0 bridgehead atoms. The van der Waals surface area contributed by atoms with Gasteiger partial charge in [0.2, 0.25) is 5.88 Å². The van der Waals surface area contributed by atoms with Crippen molar-refractivity contribution in [1.29, 1.82) is 0 Å². The van der Waals surface area contributed by atoms with E-state index in [0.717, 1.165) is 44.7 Å². The van der Waals surface area contributed by atoms with E-state index in [0.29, 0.717) is 29.5 Å². The zero-order valence-electron chi connectivity index (χ0n) is 21.5. The van der Waals surface area contributed by atoms with E-state index in [2.05, 4.69) is 35.7 Å². The van der Waals surface area contributed by atoms with E-state index in [9.17, 15) is 9.90 Å². The van der Waals surface area contributed by atoms with Crippen LogP contribution in [0.2, 0.25) is 0 Å². The molecule has 0 unspecified atom stereocenters. The molecule has 1 N–H and O–H groups in total. The van der Waals surface area contributed by atoms with Crippen molar-refractivity contribution in [1.82, 2.24) is 14.8 Å². The fourth-order valence-corrected chi connectivity index (χ4v) is 4.81. The predicted octanol–water partition coefficient (Wildman–Crippen LogP) is 3.06. The molecular weight excluding hydrogens is 454 g/mol. The highest BCUT2D eigenvalue weighted by atomic mass is 16.5. The molecule has 7 nitrogen and oxygen atoms in total. The Morgan fingerprint density at radius 1 is 1.17 bits per heavy atom. The fourth-order valence-electron chi connectivity index (χ4n) is 4.81. The molecule has 1 aromatic heterocycles. The van der Waals surface area contributed by atoms with E-state index >= 15 is 0 Å². The van der Waals surface area contributed by atoms with Crippen LogP contribution in [0.4, 0.5) is 0 Å². The summed E-state index contributed by atoms with van der Waals surface area (Å²) in [5, 5.41) is 9.88. The van der Waals surface area contributed by atoms with Crippen molar-refractivity contribution in [3.8, 4) is 17.7 Å². The minimum atomic E-state index is -0.314. The third-order valence-electron chi connectivity index (χ3n) is 7.05. The quantitative estimate of drug-likeness (QED) is 0.626. The number of amides is 1. The van der Waals surface area contributed by atoms with Gasteiger partial charge in [-0.2, -0.15) is 0 Å². The zero-order chi connectivity index (χ0) is 25.5. The van der Waals surface area contributed by atoms with Crippen LogP contribution < -0.4 is 4.74 Å². The number of aromatic nitrogens is 1. The first kappa shape index (κ1) is 26.2. The van der Waals surface area contributed by atoms with Crippen molar-refractivity contribution >= 4 is 5.91 Å². The summed E-state index contributed by atoms with van der Waals surface area (Å²) < 4.78 is 11.9. The molecule has 36 heavy (non-hydrogen) atoms. The number of aliphatic hydroxyl groups excluding tert-OH is 1. The van der Waals surface area contributed by atoms with Gasteiger partial charge in [-0.1, -0.05) is 37.0 Å². The van der Waals surface area contributed by atoms with E-state index in [1.54, 1.807) is 17.2 Å². The second kappa shape index (κ2) is 12.4. The van der Waals surface area contributed by atoms with Crippen molar-refractivity contribution in [3.05, 3.63) is 59.3 Å². The van der Waals surface area contributed by atoms with E-state index in [4.69, 9.17) is 9.47 Å². The van der Waals surface area contributed by atoms with E-state index in [1.807, 2.05) is 37.3 Å². The lowest BCUT2D eigenvalue weighted by atomic mass is 9.97. The Morgan fingerprint density at radius 3 is 2.61 bits per heavy atom. The maximum Gasteiger partial charge on any atom is 0.259 e. The number of nitrogens with zero attached hydrogens (tertiary/aromatic N) is 3. The molecular formula is C29H37N3O4.